The molecule has 4 heteroatoms. The van der Waals surface area contributed by atoms with E-state index >= 15 is 0 Å². The van der Waals surface area contributed by atoms with Crippen molar-refractivity contribution < 1.29 is 9.50 Å². The molecule has 0 amide bonds. The summed E-state index contributed by atoms with van der Waals surface area (Å²) >= 11 is 0. The van der Waals surface area contributed by atoms with E-state index in [1.165, 1.54) is 6.20 Å². The van der Waals surface area contributed by atoms with E-state index in [0.717, 1.165) is 6.20 Å². The number of nitrogens with zero attached hydrogens (tertiary/aromatic N) is 1. The number of aliphatic hydroxyl groups is 1. The van der Waals surface area contributed by atoms with Gasteiger partial charge in [-0.3, -0.25) is 4.98 Å². The first kappa shape index (κ1) is 9.19. The van der Waals surface area contributed by atoms with Gasteiger partial charge in [0.25, 0.3) is 0 Å². The summed E-state index contributed by atoms with van der Waals surface area (Å²) in [6, 6.07) is 0. The lowest BCUT2D eigenvalue weighted by Gasteiger charge is -2.20. The van der Waals surface area contributed by atoms with Gasteiger partial charge in [0, 0.05) is 11.8 Å². The molecule has 0 saturated carbocycles. The Morgan fingerprint density at radius 2 is 2.08 bits per heavy atom. The summed E-state index contributed by atoms with van der Waals surface area (Å²) < 4.78 is 13.1. The van der Waals surface area contributed by atoms with Crippen molar-refractivity contribution in [1.82, 2.24) is 4.98 Å². The van der Waals surface area contributed by atoms with Crippen LogP contribution in [0.5, 0.6) is 0 Å². The summed E-state index contributed by atoms with van der Waals surface area (Å²) in [7, 11) is 1.73. The second-order valence-corrected chi connectivity index (χ2v) is 3.37. The van der Waals surface area contributed by atoms with Crippen molar-refractivity contribution >= 4 is 13.3 Å². The van der Waals surface area contributed by atoms with E-state index < -0.39 is 11.4 Å². The predicted molar refractivity (Wildman–Crippen MR) is 47.6 cm³/mol. The Kier molecular flexibility index (Phi) is 2.19. The number of hydrogen-bond acceptors (Lipinski definition) is 2. The van der Waals surface area contributed by atoms with Gasteiger partial charge in [0.1, 0.15) is 13.7 Å². The SMILES string of the molecule is Bc1cncc(F)c1C(C)(C)O. The van der Waals surface area contributed by atoms with Crippen LogP contribution in [-0.4, -0.2) is 17.9 Å². The molecular formula is C8H11BFNO. The Morgan fingerprint density at radius 3 is 2.42 bits per heavy atom. The molecule has 1 N–H and O–H groups in total. The van der Waals surface area contributed by atoms with Crippen LogP contribution in [0.2, 0.25) is 0 Å². The highest BCUT2D eigenvalue weighted by atomic mass is 19.1. The van der Waals surface area contributed by atoms with Crippen LogP contribution in [0.3, 0.4) is 0 Å². The first-order valence-corrected chi connectivity index (χ1v) is 3.76. The number of hydrogen-bond donors (Lipinski definition) is 1. The molecule has 0 atom stereocenters. The molecular weight excluding hydrogens is 156 g/mol. The lowest BCUT2D eigenvalue weighted by molar-refractivity contribution is 0.0756. The standard InChI is InChI=1S/C8H11BFNO/c1-8(2,12)7-5(9)3-11-4-6(7)10/h3-4,12H,9H2,1-2H3. The molecule has 1 aromatic heterocycles. The van der Waals surface area contributed by atoms with Crippen molar-refractivity contribution in [1.29, 1.82) is 0 Å². The molecule has 0 spiro atoms. The average molecular weight is 167 g/mol. The third kappa shape index (κ3) is 1.64. The zero-order chi connectivity index (χ0) is 9.35. The van der Waals surface area contributed by atoms with Crippen LogP contribution in [0.25, 0.3) is 0 Å². The minimum absolute atomic E-state index is 0.317. The fraction of sp³-hybridized carbons (Fsp3) is 0.375. The molecule has 0 unspecified atom stereocenters. The van der Waals surface area contributed by atoms with Crippen LogP contribution < -0.4 is 5.46 Å². The van der Waals surface area contributed by atoms with Crippen molar-refractivity contribution in [3.05, 3.63) is 23.8 Å². The Labute approximate surface area is 71.9 Å². The summed E-state index contributed by atoms with van der Waals surface area (Å²) in [5.41, 5.74) is -0.156. The molecule has 0 aromatic carbocycles. The molecule has 0 aliphatic heterocycles. The highest BCUT2D eigenvalue weighted by molar-refractivity contribution is 6.33. The molecule has 0 saturated heterocycles. The van der Waals surface area contributed by atoms with E-state index in [-0.39, 0.29) is 0 Å². The van der Waals surface area contributed by atoms with Crippen LogP contribution in [-0.2, 0) is 5.60 Å². The monoisotopic (exact) mass is 167 g/mol. The van der Waals surface area contributed by atoms with Crippen LogP contribution in [0.15, 0.2) is 12.4 Å². The third-order valence-corrected chi connectivity index (χ3v) is 1.70. The molecule has 0 bridgehead atoms. The molecule has 1 heterocycles. The van der Waals surface area contributed by atoms with E-state index in [1.54, 1.807) is 21.7 Å². The van der Waals surface area contributed by atoms with Gasteiger partial charge in [-0.2, -0.15) is 0 Å². The van der Waals surface area contributed by atoms with Crippen LogP contribution in [0.4, 0.5) is 4.39 Å². The quantitative estimate of drug-likeness (QED) is 0.582. The molecule has 0 fully saturated rings. The fourth-order valence-electron chi connectivity index (χ4n) is 1.31. The fourth-order valence-corrected chi connectivity index (χ4v) is 1.31. The van der Waals surface area contributed by atoms with Crippen molar-refractivity contribution in [3.63, 3.8) is 0 Å². The molecule has 12 heavy (non-hydrogen) atoms. The normalized spacial score (nSPS) is 11.7. The lowest BCUT2D eigenvalue weighted by Crippen LogP contribution is -2.27. The van der Waals surface area contributed by atoms with Crippen molar-refractivity contribution in [3.8, 4) is 0 Å². The van der Waals surface area contributed by atoms with Gasteiger partial charge in [-0.1, -0.05) is 5.46 Å². The molecule has 0 aliphatic carbocycles. The van der Waals surface area contributed by atoms with E-state index in [1.807, 2.05) is 0 Å². The molecule has 64 valence electrons. The summed E-state index contributed by atoms with van der Waals surface area (Å²) in [5, 5.41) is 9.58. The van der Waals surface area contributed by atoms with Crippen molar-refractivity contribution in [2.24, 2.45) is 0 Å². The largest absolute Gasteiger partial charge is 0.386 e. The maximum Gasteiger partial charge on any atom is 0.146 e. The zero-order valence-electron chi connectivity index (χ0n) is 7.43. The van der Waals surface area contributed by atoms with Crippen molar-refractivity contribution in [2.75, 3.05) is 0 Å². The van der Waals surface area contributed by atoms with Crippen LogP contribution in [0.1, 0.15) is 19.4 Å². The Balaban J connectivity index is 3.31. The van der Waals surface area contributed by atoms with Gasteiger partial charge < -0.3 is 5.11 Å². The Bertz CT molecular complexity index is 275. The first-order chi connectivity index (χ1) is 5.43. The maximum atomic E-state index is 13.1. The maximum absolute atomic E-state index is 13.1. The summed E-state index contributed by atoms with van der Waals surface area (Å²) in [6.45, 7) is 3.11. The third-order valence-electron chi connectivity index (χ3n) is 1.70. The second-order valence-electron chi connectivity index (χ2n) is 3.37. The van der Waals surface area contributed by atoms with E-state index in [2.05, 4.69) is 4.98 Å². The summed E-state index contributed by atoms with van der Waals surface area (Å²) in [5.74, 6) is -0.456. The molecule has 1 rings (SSSR count). The lowest BCUT2D eigenvalue weighted by atomic mass is 9.84. The highest BCUT2D eigenvalue weighted by Gasteiger charge is 2.22. The molecule has 2 nitrogen and oxygen atoms in total. The highest BCUT2D eigenvalue weighted by Crippen LogP contribution is 2.19. The number of rotatable bonds is 1. The number of halogens is 1. The minimum Gasteiger partial charge on any atom is -0.386 e. The second kappa shape index (κ2) is 2.86. The van der Waals surface area contributed by atoms with Crippen LogP contribution >= 0.6 is 0 Å². The molecule has 1 aromatic rings. The zero-order valence-corrected chi connectivity index (χ0v) is 7.43. The van der Waals surface area contributed by atoms with Gasteiger partial charge >= 0.3 is 0 Å². The van der Waals surface area contributed by atoms with Gasteiger partial charge in [0.05, 0.1) is 11.8 Å². The van der Waals surface area contributed by atoms with Gasteiger partial charge in [-0.25, -0.2) is 4.39 Å². The molecule has 0 aliphatic rings. The Hall–Kier alpha value is -0.895. The van der Waals surface area contributed by atoms with E-state index in [4.69, 9.17) is 0 Å². The smallest absolute Gasteiger partial charge is 0.146 e. The predicted octanol–water partition coefficient (Wildman–Crippen LogP) is -0.294. The Morgan fingerprint density at radius 1 is 1.50 bits per heavy atom. The van der Waals surface area contributed by atoms with Gasteiger partial charge in [0.15, 0.2) is 0 Å². The first-order valence-electron chi connectivity index (χ1n) is 3.76. The van der Waals surface area contributed by atoms with Gasteiger partial charge in [-0.05, 0) is 13.8 Å². The molecule has 0 radical (unpaired) electrons. The van der Waals surface area contributed by atoms with Gasteiger partial charge in [-0.15, -0.1) is 0 Å². The topological polar surface area (TPSA) is 33.1 Å². The minimum atomic E-state index is -1.14. The van der Waals surface area contributed by atoms with Crippen LogP contribution in [0, 0.1) is 5.82 Å². The summed E-state index contributed by atoms with van der Waals surface area (Å²) in [6.07, 6.45) is 2.65. The van der Waals surface area contributed by atoms with E-state index in [0.29, 0.717) is 11.0 Å². The number of aromatic nitrogens is 1. The average Bonchev–Trinajstić information content (AvgIpc) is 1.82. The van der Waals surface area contributed by atoms with Gasteiger partial charge in [0.2, 0.25) is 0 Å². The van der Waals surface area contributed by atoms with E-state index in [9.17, 15) is 9.50 Å². The number of pyridine rings is 1. The summed E-state index contributed by atoms with van der Waals surface area (Å²) in [4.78, 5) is 3.67. The van der Waals surface area contributed by atoms with Crippen molar-refractivity contribution in [2.45, 2.75) is 19.4 Å².